The fraction of sp³-hybridized carbons (Fsp3) is 0.800. The molecule has 2 aliphatic rings. The lowest BCUT2D eigenvalue weighted by Gasteiger charge is -2.39. The largest absolute Gasteiger partial charge is 0.353 e. The molecule has 2 rings (SSSR count). The minimum Gasteiger partial charge on any atom is -0.353 e. The van der Waals surface area contributed by atoms with Crippen molar-refractivity contribution in [1.29, 1.82) is 0 Å². The van der Waals surface area contributed by atoms with Crippen molar-refractivity contribution in [1.82, 2.24) is 15.5 Å². The molecule has 0 unspecified atom stereocenters. The molecular formula is C15H25N3O3. The number of piperidine rings is 1. The Hall–Kier alpha value is -1.59. The van der Waals surface area contributed by atoms with Gasteiger partial charge in [-0.2, -0.15) is 0 Å². The second-order valence-electron chi connectivity index (χ2n) is 6.63. The number of piperazine rings is 1. The number of hydrogen-bond donors (Lipinski definition) is 2. The van der Waals surface area contributed by atoms with E-state index in [0.29, 0.717) is 38.3 Å². The summed E-state index contributed by atoms with van der Waals surface area (Å²) in [4.78, 5) is 38.1. The van der Waals surface area contributed by atoms with Gasteiger partial charge >= 0.3 is 0 Å². The Labute approximate surface area is 125 Å². The zero-order chi connectivity index (χ0) is 15.6. The molecule has 0 aromatic heterocycles. The zero-order valence-corrected chi connectivity index (χ0v) is 13.0. The fourth-order valence-corrected chi connectivity index (χ4v) is 3.14. The van der Waals surface area contributed by atoms with Gasteiger partial charge in [0.05, 0.1) is 0 Å². The third kappa shape index (κ3) is 3.74. The maximum atomic E-state index is 12.7. The number of carbonyl (C=O) groups excluding carboxylic acids is 3. The summed E-state index contributed by atoms with van der Waals surface area (Å²) in [6.07, 6.45) is 1.77. The van der Waals surface area contributed by atoms with Crippen LogP contribution in [0.5, 0.6) is 0 Å². The molecule has 6 nitrogen and oxygen atoms in total. The van der Waals surface area contributed by atoms with E-state index in [4.69, 9.17) is 0 Å². The Bertz CT molecular complexity index is 436. The summed E-state index contributed by atoms with van der Waals surface area (Å²) in [6, 6.07) is -0.901. The first-order chi connectivity index (χ1) is 9.88. The van der Waals surface area contributed by atoms with Crippen molar-refractivity contribution in [2.24, 2.45) is 11.8 Å². The molecule has 0 aromatic carbocycles. The van der Waals surface area contributed by atoms with Gasteiger partial charge in [-0.15, -0.1) is 0 Å². The summed E-state index contributed by atoms with van der Waals surface area (Å²) in [7, 11) is 0. The molecule has 3 atom stereocenters. The minimum absolute atomic E-state index is 0.0750. The molecule has 118 valence electrons. The highest BCUT2D eigenvalue weighted by atomic mass is 16.2. The van der Waals surface area contributed by atoms with E-state index >= 15 is 0 Å². The first-order valence-corrected chi connectivity index (χ1v) is 7.76. The highest BCUT2D eigenvalue weighted by Gasteiger charge is 2.38. The van der Waals surface area contributed by atoms with Gasteiger partial charge in [0.15, 0.2) is 0 Å². The quantitative estimate of drug-likeness (QED) is 0.784. The van der Waals surface area contributed by atoms with E-state index in [1.807, 2.05) is 20.8 Å². The molecule has 2 saturated heterocycles. The van der Waals surface area contributed by atoms with Crippen LogP contribution in [0.2, 0.25) is 0 Å². The first kappa shape index (κ1) is 15.8. The summed E-state index contributed by atoms with van der Waals surface area (Å²) in [5, 5.41) is 5.59. The summed E-state index contributed by atoms with van der Waals surface area (Å²) < 4.78 is 0. The molecule has 3 amide bonds. The Morgan fingerprint density at radius 3 is 2.71 bits per heavy atom. The number of rotatable bonds is 3. The third-order valence-electron chi connectivity index (χ3n) is 4.11. The van der Waals surface area contributed by atoms with Crippen LogP contribution in [-0.4, -0.2) is 47.8 Å². The molecule has 0 aromatic rings. The number of carbonyl (C=O) groups is 3. The topological polar surface area (TPSA) is 78.5 Å². The van der Waals surface area contributed by atoms with Gasteiger partial charge in [-0.25, -0.2) is 0 Å². The van der Waals surface area contributed by atoms with Gasteiger partial charge < -0.3 is 15.5 Å². The lowest BCUT2D eigenvalue weighted by Crippen LogP contribution is -2.62. The van der Waals surface area contributed by atoms with E-state index in [9.17, 15) is 14.4 Å². The van der Waals surface area contributed by atoms with E-state index in [1.54, 1.807) is 4.90 Å². The molecule has 0 aliphatic carbocycles. The number of hydrogen-bond acceptors (Lipinski definition) is 3. The molecule has 2 aliphatic heterocycles. The van der Waals surface area contributed by atoms with Gasteiger partial charge in [0.1, 0.15) is 12.1 Å². The Morgan fingerprint density at radius 2 is 2.10 bits per heavy atom. The Morgan fingerprint density at radius 1 is 1.38 bits per heavy atom. The van der Waals surface area contributed by atoms with Crippen LogP contribution in [0, 0.1) is 11.8 Å². The summed E-state index contributed by atoms with van der Waals surface area (Å²) >= 11 is 0. The molecule has 2 N–H and O–H groups in total. The molecular weight excluding hydrogens is 270 g/mol. The first-order valence-electron chi connectivity index (χ1n) is 7.76. The average Bonchev–Trinajstić information content (AvgIpc) is 2.38. The van der Waals surface area contributed by atoms with Crippen molar-refractivity contribution < 1.29 is 14.4 Å². The van der Waals surface area contributed by atoms with Gasteiger partial charge in [0.25, 0.3) is 0 Å². The van der Waals surface area contributed by atoms with Gasteiger partial charge in [0.2, 0.25) is 17.7 Å². The highest BCUT2D eigenvalue weighted by molar-refractivity contribution is 5.93. The van der Waals surface area contributed by atoms with Crippen molar-refractivity contribution in [3.05, 3.63) is 0 Å². The number of nitrogens with one attached hydrogen (secondary N) is 2. The van der Waals surface area contributed by atoms with Crippen LogP contribution in [0.1, 0.15) is 40.0 Å². The Balaban J connectivity index is 2.11. The van der Waals surface area contributed by atoms with Crippen molar-refractivity contribution in [2.75, 3.05) is 13.1 Å². The molecule has 2 fully saturated rings. The summed E-state index contributed by atoms with van der Waals surface area (Å²) in [6.45, 7) is 7.05. The third-order valence-corrected chi connectivity index (χ3v) is 4.11. The van der Waals surface area contributed by atoms with E-state index in [-0.39, 0.29) is 23.6 Å². The molecule has 0 saturated carbocycles. The molecule has 6 heteroatoms. The lowest BCUT2D eigenvalue weighted by molar-refractivity contribution is -0.147. The van der Waals surface area contributed by atoms with Crippen molar-refractivity contribution in [3.63, 3.8) is 0 Å². The van der Waals surface area contributed by atoms with Crippen LogP contribution in [0.25, 0.3) is 0 Å². The molecule has 0 spiro atoms. The molecule has 2 heterocycles. The van der Waals surface area contributed by atoms with Crippen LogP contribution in [0.3, 0.4) is 0 Å². The SMILES string of the molecule is CC(C)C[C@H]1C(=O)NCCN1C(=O)[C@@H]1C[C@H](C)CC(=O)N1. The predicted octanol–water partition coefficient (Wildman–Crippen LogP) is 0.274. The van der Waals surface area contributed by atoms with Gasteiger partial charge in [0, 0.05) is 19.5 Å². The van der Waals surface area contributed by atoms with Crippen LogP contribution < -0.4 is 10.6 Å². The Kier molecular flexibility index (Phi) is 4.85. The van der Waals surface area contributed by atoms with Crippen LogP contribution in [0.15, 0.2) is 0 Å². The number of nitrogens with zero attached hydrogens (tertiary/aromatic N) is 1. The van der Waals surface area contributed by atoms with E-state index in [2.05, 4.69) is 10.6 Å². The smallest absolute Gasteiger partial charge is 0.245 e. The standard InChI is InChI=1S/C15H25N3O3/c1-9(2)6-12-14(20)16-4-5-18(12)15(21)11-7-10(3)8-13(19)17-11/h9-12H,4-8H2,1-3H3,(H,16,20)(H,17,19)/t10-,11-,12-/m0/s1. The van der Waals surface area contributed by atoms with Gasteiger partial charge in [-0.05, 0) is 24.7 Å². The normalized spacial score (nSPS) is 30.1. The maximum Gasteiger partial charge on any atom is 0.245 e. The molecule has 0 radical (unpaired) electrons. The van der Waals surface area contributed by atoms with Crippen LogP contribution in [0.4, 0.5) is 0 Å². The second kappa shape index (κ2) is 6.45. The van der Waals surface area contributed by atoms with Crippen LogP contribution in [-0.2, 0) is 14.4 Å². The van der Waals surface area contributed by atoms with Crippen molar-refractivity contribution in [2.45, 2.75) is 52.1 Å². The van der Waals surface area contributed by atoms with E-state index in [1.165, 1.54) is 0 Å². The summed E-state index contributed by atoms with van der Waals surface area (Å²) in [5.41, 5.74) is 0. The summed E-state index contributed by atoms with van der Waals surface area (Å²) in [5.74, 6) is 0.256. The van der Waals surface area contributed by atoms with Crippen molar-refractivity contribution >= 4 is 17.7 Å². The maximum absolute atomic E-state index is 12.7. The zero-order valence-electron chi connectivity index (χ0n) is 13.0. The van der Waals surface area contributed by atoms with Gasteiger partial charge in [-0.3, -0.25) is 14.4 Å². The molecule has 0 bridgehead atoms. The second-order valence-corrected chi connectivity index (χ2v) is 6.63. The van der Waals surface area contributed by atoms with Crippen LogP contribution >= 0.6 is 0 Å². The minimum atomic E-state index is -0.484. The lowest BCUT2D eigenvalue weighted by atomic mass is 9.92. The monoisotopic (exact) mass is 295 g/mol. The van der Waals surface area contributed by atoms with E-state index < -0.39 is 12.1 Å². The molecule has 21 heavy (non-hydrogen) atoms. The number of amides is 3. The fourth-order valence-electron chi connectivity index (χ4n) is 3.14. The van der Waals surface area contributed by atoms with Gasteiger partial charge in [-0.1, -0.05) is 20.8 Å². The predicted molar refractivity (Wildman–Crippen MR) is 78.3 cm³/mol. The van der Waals surface area contributed by atoms with Crippen molar-refractivity contribution in [3.8, 4) is 0 Å². The highest BCUT2D eigenvalue weighted by Crippen LogP contribution is 2.21. The van der Waals surface area contributed by atoms with E-state index in [0.717, 1.165) is 0 Å². The average molecular weight is 295 g/mol.